The number of allylic oxidation sites excluding steroid dienone is 2. The van der Waals surface area contributed by atoms with Crippen molar-refractivity contribution in [2.75, 3.05) is 0 Å². The molecule has 0 radical (unpaired) electrons. The van der Waals surface area contributed by atoms with E-state index < -0.39 is 0 Å². The summed E-state index contributed by atoms with van der Waals surface area (Å²) in [6, 6.07) is 0. The molecule has 10 heavy (non-hydrogen) atoms. The van der Waals surface area contributed by atoms with E-state index in [1.54, 1.807) is 0 Å². The van der Waals surface area contributed by atoms with Crippen molar-refractivity contribution in [3.63, 3.8) is 0 Å². The molecule has 0 saturated heterocycles. The van der Waals surface area contributed by atoms with Gasteiger partial charge in [0, 0.05) is 0 Å². The monoisotopic (exact) mass is 138 g/mol. The molecule has 0 aromatic heterocycles. The highest BCUT2D eigenvalue weighted by Gasteiger charge is 2.30. The van der Waals surface area contributed by atoms with Crippen molar-refractivity contribution in [1.82, 2.24) is 0 Å². The average molecular weight is 138 g/mol. The lowest BCUT2D eigenvalue weighted by atomic mass is 10.2. The molecule has 1 rings (SSSR count). The van der Waals surface area contributed by atoms with E-state index in [-0.39, 0.29) is 0 Å². The lowest BCUT2D eigenvalue weighted by Gasteiger charge is -1.90. The van der Waals surface area contributed by atoms with Crippen LogP contribution in [0.3, 0.4) is 0 Å². The molecule has 0 heteroatoms. The summed E-state index contributed by atoms with van der Waals surface area (Å²) in [7, 11) is 0. The van der Waals surface area contributed by atoms with Crippen LogP contribution in [0.15, 0.2) is 12.2 Å². The van der Waals surface area contributed by atoms with Crippen molar-refractivity contribution in [2.24, 2.45) is 11.8 Å². The maximum atomic E-state index is 2.36. The van der Waals surface area contributed by atoms with E-state index in [0.717, 1.165) is 11.8 Å². The first-order chi connectivity index (χ1) is 4.84. The van der Waals surface area contributed by atoms with Gasteiger partial charge in [-0.15, -0.1) is 0 Å². The Bertz CT molecular complexity index is 113. The maximum Gasteiger partial charge on any atom is -0.0348 e. The fourth-order valence-electron chi connectivity index (χ4n) is 1.40. The van der Waals surface area contributed by atoms with E-state index in [9.17, 15) is 0 Å². The molecular weight excluding hydrogens is 120 g/mol. The highest BCUT2D eigenvalue weighted by atomic mass is 14.4. The van der Waals surface area contributed by atoms with Crippen molar-refractivity contribution < 1.29 is 0 Å². The Labute approximate surface area is 64.3 Å². The summed E-state index contributed by atoms with van der Waals surface area (Å²) in [5.74, 6) is 2.11. The van der Waals surface area contributed by atoms with Crippen LogP contribution in [0.25, 0.3) is 0 Å². The Kier molecular flexibility index (Phi) is 2.98. The van der Waals surface area contributed by atoms with E-state index in [1.807, 2.05) is 0 Å². The molecule has 0 amide bonds. The van der Waals surface area contributed by atoms with Crippen molar-refractivity contribution in [1.29, 1.82) is 0 Å². The molecule has 0 aromatic rings. The standard InChI is InChI=1S/C10H18/c1-3-4-5-6-7-10-8-9(10)2/h4-5,9-10H,3,6-8H2,1-2H3/b5-4-/t9-,10-/m0/s1. The minimum Gasteiger partial charge on any atom is -0.0888 e. The summed E-state index contributed by atoms with van der Waals surface area (Å²) in [5.41, 5.74) is 0. The second kappa shape index (κ2) is 3.80. The number of rotatable bonds is 4. The Balaban J connectivity index is 1.91. The highest BCUT2D eigenvalue weighted by molar-refractivity contribution is 4.87. The van der Waals surface area contributed by atoms with Gasteiger partial charge < -0.3 is 0 Å². The average Bonchev–Trinajstić information content (AvgIpc) is 2.60. The molecule has 1 fully saturated rings. The minimum atomic E-state index is 1.04. The topological polar surface area (TPSA) is 0 Å². The van der Waals surface area contributed by atoms with Gasteiger partial charge >= 0.3 is 0 Å². The van der Waals surface area contributed by atoms with E-state index in [2.05, 4.69) is 26.0 Å². The molecule has 58 valence electrons. The zero-order valence-electron chi connectivity index (χ0n) is 7.14. The second-order valence-corrected chi connectivity index (χ2v) is 3.43. The Morgan fingerprint density at radius 2 is 2.10 bits per heavy atom. The molecule has 1 aliphatic rings. The zero-order chi connectivity index (χ0) is 7.40. The van der Waals surface area contributed by atoms with Gasteiger partial charge in [-0.3, -0.25) is 0 Å². The highest BCUT2D eigenvalue weighted by Crippen LogP contribution is 2.41. The molecule has 0 bridgehead atoms. The van der Waals surface area contributed by atoms with Crippen LogP contribution in [0, 0.1) is 11.8 Å². The van der Waals surface area contributed by atoms with Crippen LogP contribution in [0.4, 0.5) is 0 Å². The van der Waals surface area contributed by atoms with Crippen LogP contribution in [0.1, 0.15) is 39.5 Å². The van der Waals surface area contributed by atoms with Crippen LogP contribution in [-0.2, 0) is 0 Å². The predicted octanol–water partition coefficient (Wildman–Crippen LogP) is 3.39. The smallest absolute Gasteiger partial charge is 0.0348 e. The van der Waals surface area contributed by atoms with Gasteiger partial charge in [-0.25, -0.2) is 0 Å². The summed E-state index contributed by atoms with van der Waals surface area (Å²) < 4.78 is 0. The molecular formula is C10H18. The van der Waals surface area contributed by atoms with E-state index in [0.29, 0.717) is 0 Å². The van der Waals surface area contributed by atoms with Gasteiger partial charge in [-0.05, 0) is 37.5 Å². The van der Waals surface area contributed by atoms with Gasteiger partial charge in [0.15, 0.2) is 0 Å². The van der Waals surface area contributed by atoms with Gasteiger partial charge in [-0.1, -0.05) is 26.0 Å². The molecule has 0 spiro atoms. The third-order valence-electron chi connectivity index (χ3n) is 2.38. The maximum absolute atomic E-state index is 2.36. The molecule has 1 saturated carbocycles. The quantitative estimate of drug-likeness (QED) is 0.522. The van der Waals surface area contributed by atoms with Crippen molar-refractivity contribution in [3.8, 4) is 0 Å². The molecule has 1 aliphatic carbocycles. The van der Waals surface area contributed by atoms with Crippen LogP contribution in [0.2, 0.25) is 0 Å². The lowest BCUT2D eigenvalue weighted by molar-refractivity contribution is 0.683. The van der Waals surface area contributed by atoms with Gasteiger partial charge in [-0.2, -0.15) is 0 Å². The third kappa shape index (κ3) is 2.55. The van der Waals surface area contributed by atoms with Crippen molar-refractivity contribution >= 4 is 0 Å². The second-order valence-electron chi connectivity index (χ2n) is 3.43. The first-order valence-corrected chi connectivity index (χ1v) is 4.49. The largest absolute Gasteiger partial charge is 0.0888 e. The lowest BCUT2D eigenvalue weighted by Crippen LogP contribution is -1.76. The van der Waals surface area contributed by atoms with Gasteiger partial charge in [0.25, 0.3) is 0 Å². The number of hydrogen-bond acceptors (Lipinski definition) is 0. The molecule has 2 atom stereocenters. The van der Waals surface area contributed by atoms with Crippen molar-refractivity contribution in [3.05, 3.63) is 12.2 Å². The molecule has 0 nitrogen and oxygen atoms in total. The summed E-state index contributed by atoms with van der Waals surface area (Å²) in [6.07, 6.45) is 10.0. The van der Waals surface area contributed by atoms with Crippen LogP contribution >= 0.6 is 0 Å². The van der Waals surface area contributed by atoms with Crippen LogP contribution in [0.5, 0.6) is 0 Å². The first-order valence-electron chi connectivity index (χ1n) is 4.49. The zero-order valence-corrected chi connectivity index (χ0v) is 7.14. The van der Waals surface area contributed by atoms with E-state index in [1.165, 1.54) is 25.7 Å². The fraction of sp³-hybridized carbons (Fsp3) is 0.800. The Hall–Kier alpha value is -0.260. The molecule has 0 aromatic carbocycles. The van der Waals surface area contributed by atoms with Gasteiger partial charge in [0.1, 0.15) is 0 Å². The minimum absolute atomic E-state index is 1.04. The van der Waals surface area contributed by atoms with Crippen LogP contribution in [-0.4, -0.2) is 0 Å². The molecule has 0 aliphatic heterocycles. The summed E-state index contributed by atoms with van der Waals surface area (Å²) >= 11 is 0. The third-order valence-corrected chi connectivity index (χ3v) is 2.38. The Morgan fingerprint density at radius 1 is 1.40 bits per heavy atom. The van der Waals surface area contributed by atoms with E-state index >= 15 is 0 Å². The Morgan fingerprint density at radius 3 is 2.60 bits per heavy atom. The molecule has 0 unspecified atom stereocenters. The number of hydrogen-bond donors (Lipinski definition) is 0. The van der Waals surface area contributed by atoms with Crippen LogP contribution < -0.4 is 0 Å². The molecule has 0 heterocycles. The summed E-state index contributed by atoms with van der Waals surface area (Å²) in [5, 5.41) is 0. The first kappa shape index (κ1) is 7.84. The summed E-state index contributed by atoms with van der Waals surface area (Å²) in [6.45, 7) is 4.55. The fourth-order valence-corrected chi connectivity index (χ4v) is 1.40. The predicted molar refractivity (Wildman–Crippen MR) is 45.9 cm³/mol. The van der Waals surface area contributed by atoms with Gasteiger partial charge in [0.05, 0.1) is 0 Å². The van der Waals surface area contributed by atoms with E-state index in [4.69, 9.17) is 0 Å². The van der Waals surface area contributed by atoms with Crippen molar-refractivity contribution in [2.45, 2.75) is 39.5 Å². The molecule has 0 N–H and O–H groups in total. The summed E-state index contributed by atoms with van der Waals surface area (Å²) in [4.78, 5) is 0. The van der Waals surface area contributed by atoms with Gasteiger partial charge in [0.2, 0.25) is 0 Å². The normalized spacial score (nSPS) is 31.4. The SMILES string of the molecule is CC/C=C\CC[C@H]1C[C@@H]1C.